The Morgan fingerprint density at radius 3 is 2.50 bits per heavy atom. The summed E-state index contributed by atoms with van der Waals surface area (Å²) in [6.07, 6.45) is 15.0. The molecule has 0 N–H and O–H groups in total. The summed E-state index contributed by atoms with van der Waals surface area (Å²) < 4.78 is 5.68. The maximum Gasteiger partial charge on any atom is 0.159 e. The van der Waals surface area contributed by atoms with E-state index in [1.54, 1.807) is 0 Å². The van der Waals surface area contributed by atoms with E-state index in [9.17, 15) is 4.79 Å². The van der Waals surface area contributed by atoms with Gasteiger partial charge in [-0.05, 0) is 91.4 Å². The molecule has 0 aromatic carbocycles. The van der Waals surface area contributed by atoms with Gasteiger partial charge < -0.3 is 4.74 Å². The molecule has 3 fully saturated rings. The molecule has 0 bridgehead atoms. The van der Waals surface area contributed by atoms with Gasteiger partial charge in [0.15, 0.2) is 5.78 Å². The van der Waals surface area contributed by atoms with Gasteiger partial charge in [0.2, 0.25) is 0 Å². The fraction of sp³-hybridized carbons (Fsp3) is 0.893. The van der Waals surface area contributed by atoms with Crippen LogP contribution in [0.25, 0.3) is 0 Å². The number of fused-ring (bicyclic) bond motifs is 5. The van der Waals surface area contributed by atoms with Gasteiger partial charge in [-0.2, -0.15) is 0 Å². The number of hydrogen-bond acceptors (Lipinski definition) is 2. The first kappa shape index (κ1) is 22.6. The third-order valence-electron chi connectivity index (χ3n) is 10.4. The molecule has 4 rings (SSSR count). The molecule has 0 radical (unpaired) electrons. The van der Waals surface area contributed by atoms with E-state index in [-0.39, 0.29) is 11.3 Å². The molecule has 0 unspecified atom stereocenters. The van der Waals surface area contributed by atoms with Crippen LogP contribution in [0.1, 0.15) is 98.8 Å². The van der Waals surface area contributed by atoms with Crippen molar-refractivity contribution in [2.75, 3.05) is 7.11 Å². The second kappa shape index (κ2) is 8.38. The second-order valence-corrected chi connectivity index (χ2v) is 12.4. The predicted octanol–water partition coefficient (Wildman–Crippen LogP) is 7.22. The summed E-state index contributed by atoms with van der Waals surface area (Å²) in [5, 5.41) is 0. The standard InChI is InChI=1S/C28H46O2/c1-18(2)8-7-9-19(3)22-10-11-23-26-24(13-15-28(22,23)5)27(4)14-12-21(30-6)16-20(27)17-25(26)29/h17-19,21-24,26H,7-16H2,1-6H3/t19-,21+,22-,23-,24-,26-,27+,28-/m1/s1. The maximum atomic E-state index is 13.5. The summed E-state index contributed by atoms with van der Waals surface area (Å²) in [4.78, 5) is 13.5. The molecule has 30 heavy (non-hydrogen) atoms. The number of methoxy groups -OCH3 is 1. The number of rotatable bonds is 6. The Balaban J connectivity index is 1.54. The highest BCUT2D eigenvalue weighted by Crippen LogP contribution is 2.66. The molecule has 0 amide bonds. The molecule has 4 aliphatic carbocycles. The zero-order valence-corrected chi connectivity index (χ0v) is 20.5. The molecule has 0 aromatic heterocycles. The molecule has 0 aliphatic heterocycles. The Morgan fingerprint density at radius 2 is 1.80 bits per heavy atom. The van der Waals surface area contributed by atoms with Crippen LogP contribution < -0.4 is 0 Å². The monoisotopic (exact) mass is 414 g/mol. The molecule has 8 atom stereocenters. The predicted molar refractivity (Wildman–Crippen MR) is 124 cm³/mol. The van der Waals surface area contributed by atoms with Gasteiger partial charge in [-0.1, -0.05) is 59.5 Å². The quantitative estimate of drug-likeness (QED) is 0.458. The van der Waals surface area contributed by atoms with Crippen molar-refractivity contribution in [2.24, 2.45) is 46.3 Å². The van der Waals surface area contributed by atoms with Gasteiger partial charge in [0.05, 0.1) is 6.10 Å². The van der Waals surface area contributed by atoms with Crippen molar-refractivity contribution in [3.8, 4) is 0 Å². The second-order valence-electron chi connectivity index (χ2n) is 12.4. The van der Waals surface area contributed by atoms with Gasteiger partial charge in [-0.15, -0.1) is 0 Å². The van der Waals surface area contributed by atoms with Gasteiger partial charge in [0.25, 0.3) is 0 Å². The molecular weight excluding hydrogens is 368 g/mol. The topological polar surface area (TPSA) is 26.3 Å². The van der Waals surface area contributed by atoms with Crippen molar-refractivity contribution >= 4 is 5.78 Å². The molecule has 0 saturated heterocycles. The lowest BCUT2D eigenvalue weighted by atomic mass is 9.46. The van der Waals surface area contributed by atoms with Crippen molar-refractivity contribution in [1.29, 1.82) is 0 Å². The summed E-state index contributed by atoms with van der Waals surface area (Å²) in [6, 6.07) is 0. The summed E-state index contributed by atoms with van der Waals surface area (Å²) >= 11 is 0. The summed E-state index contributed by atoms with van der Waals surface area (Å²) in [5.41, 5.74) is 2.02. The number of ketones is 1. The van der Waals surface area contributed by atoms with Crippen molar-refractivity contribution in [3.05, 3.63) is 11.6 Å². The van der Waals surface area contributed by atoms with E-state index in [1.165, 1.54) is 56.9 Å². The highest BCUT2D eigenvalue weighted by atomic mass is 16.5. The number of hydrogen-bond donors (Lipinski definition) is 0. The van der Waals surface area contributed by atoms with Crippen LogP contribution in [0, 0.1) is 46.3 Å². The average Bonchev–Trinajstić information content (AvgIpc) is 3.05. The number of ether oxygens (including phenoxy) is 1. The molecule has 2 heteroatoms. The van der Waals surface area contributed by atoms with E-state index < -0.39 is 0 Å². The highest BCUT2D eigenvalue weighted by molar-refractivity contribution is 5.94. The fourth-order valence-electron chi connectivity index (χ4n) is 8.59. The summed E-state index contributed by atoms with van der Waals surface area (Å²) in [7, 11) is 1.83. The fourth-order valence-corrected chi connectivity index (χ4v) is 8.59. The Kier molecular flexibility index (Phi) is 6.30. The SMILES string of the molecule is CO[C@H]1CC[C@@]2(C)C(=CC(=O)[C@@H]3[C@H]4CC[C@H]([C@H](C)CCCC(C)C)[C@@]4(C)CC[C@H]32)C1. The van der Waals surface area contributed by atoms with E-state index in [1.807, 2.05) is 7.11 Å². The third kappa shape index (κ3) is 3.63. The minimum Gasteiger partial charge on any atom is -0.381 e. The van der Waals surface area contributed by atoms with E-state index >= 15 is 0 Å². The Bertz CT molecular complexity index is 678. The van der Waals surface area contributed by atoms with Gasteiger partial charge >= 0.3 is 0 Å². The van der Waals surface area contributed by atoms with Crippen LogP contribution in [0.2, 0.25) is 0 Å². The largest absolute Gasteiger partial charge is 0.381 e. The van der Waals surface area contributed by atoms with Crippen molar-refractivity contribution in [1.82, 2.24) is 0 Å². The lowest BCUT2D eigenvalue weighted by molar-refractivity contribution is -0.135. The molecule has 2 nitrogen and oxygen atoms in total. The van der Waals surface area contributed by atoms with Crippen LogP contribution in [0.4, 0.5) is 0 Å². The van der Waals surface area contributed by atoms with Crippen molar-refractivity contribution in [3.63, 3.8) is 0 Å². The van der Waals surface area contributed by atoms with Gasteiger partial charge in [0, 0.05) is 13.0 Å². The van der Waals surface area contributed by atoms with E-state index in [4.69, 9.17) is 4.74 Å². The van der Waals surface area contributed by atoms with Gasteiger partial charge in [-0.3, -0.25) is 4.79 Å². The number of carbonyl (C=O) groups is 1. The zero-order chi connectivity index (χ0) is 21.7. The van der Waals surface area contributed by atoms with E-state index in [0.29, 0.717) is 29.1 Å². The lowest BCUT2D eigenvalue weighted by Crippen LogP contribution is -2.53. The third-order valence-corrected chi connectivity index (χ3v) is 10.4. The number of allylic oxidation sites excluding steroid dienone is 1. The highest BCUT2D eigenvalue weighted by Gasteiger charge is 2.61. The smallest absolute Gasteiger partial charge is 0.159 e. The van der Waals surface area contributed by atoms with Crippen molar-refractivity contribution in [2.45, 2.75) is 105 Å². The molecule has 0 spiro atoms. The van der Waals surface area contributed by atoms with Gasteiger partial charge in [0.1, 0.15) is 0 Å². The van der Waals surface area contributed by atoms with Crippen LogP contribution in [0.3, 0.4) is 0 Å². The van der Waals surface area contributed by atoms with Crippen LogP contribution in [0.15, 0.2) is 11.6 Å². The molecule has 4 aliphatic rings. The van der Waals surface area contributed by atoms with Gasteiger partial charge in [-0.25, -0.2) is 0 Å². The molecule has 0 heterocycles. The zero-order valence-electron chi connectivity index (χ0n) is 20.5. The Morgan fingerprint density at radius 1 is 1.03 bits per heavy atom. The van der Waals surface area contributed by atoms with E-state index in [2.05, 4.69) is 40.7 Å². The molecule has 3 saturated carbocycles. The Labute approximate surface area is 185 Å². The van der Waals surface area contributed by atoms with E-state index in [0.717, 1.165) is 30.6 Å². The lowest BCUT2D eigenvalue weighted by Gasteiger charge is -2.57. The Hall–Kier alpha value is -0.630. The maximum absolute atomic E-state index is 13.5. The molecular formula is C28H46O2. The van der Waals surface area contributed by atoms with Crippen LogP contribution in [-0.2, 0) is 9.53 Å². The minimum atomic E-state index is 0.232. The first-order valence-electron chi connectivity index (χ1n) is 13.0. The minimum absolute atomic E-state index is 0.232. The summed E-state index contributed by atoms with van der Waals surface area (Å²) in [6.45, 7) is 12.3. The molecule has 170 valence electrons. The number of carbonyl (C=O) groups excluding carboxylic acids is 1. The first-order valence-corrected chi connectivity index (χ1v) is 13.0. The van der Waals surface area contributed by atoms with Crippen LogP contribution in [0.5, 0.6) is 0 Å². The summed E-state index contributed by atoms with van der Waals surface area (Å²) in [5.74, 6) is 4.35. The van der Waals surface area contributed by atoms with Crippen molar-refractivity contribution < 1.29 is 9.53 Å². The normalized spacial score (nSPS) is 44.3. The van der Waals surface area contributed by atoms with Crippen LogP contribution in [-0.4, -0.2) is 19.0 Å². The average molecular weight is 415 g/mol. The van der Waals surface area contributed by atoms with Crippen LogP contribution >= 0.6 is 0 Å². The molecule has 0 aromatic rings. The first-order chi connectivity index (χ1) is 14.2.